The van der Waals surface area contributed by atoms with E-state index in [1.807, 2.05) is 37.5 Å². The molecular formula is C17H29ClN4O4S2. The highest BCUT2D eigenvalue weighted by Gasteiger charge is 2.16. The molecular weight excluding hydrogens is 424 g/mol. The van der Waals surface area contributed by atoms with Crippen molar-refractivity contribution in [2.45, 2.75) is 27.7 Å². The van der Waals surface area contributed by atoms with Crippen molar-refractivity contribution < 1.29 is 19.7 Å². The maximum Gasteiger partial charge on any atom is 0.300 e. The third-order valence-corrected chi connectivity index (χ3v) is 3.76. The summed E-state index contributed by atoms with van der Waals surface area (Å²) in [5, 5.41) is 18.7. The van der Waals surface area contributed by atoms with Crippen LogP contribution in [0.4, 0.5) is 10.5 Å². The number of hydrogen-bond donors (Lipinski definition) is 4. The Morgan fingerprint density at radius 1 is 1.11 bits per heavy atom. The number of hydrogen-bond acceptors (Lipinski definition) is 6. The number of aromatic hydroxyl groups is 2. The number of thiol groups is 1. The monoisotopic (exact) mass is 452 g/mol. The van der Waals surface area contributed by atoms with Crippen LogP contribution < -0.4 is 5.73 Å². The maximum atomic E-state index is 9.60. The summed E-state index contributed by atoms with van der Waals surface area (Å²) in [6.07, 6.45) is 0. The molecule has 0 aromatic heterocycles. The molecule has 0 heterocycles. The standard InChI is InChI=1S/C16H25N3O3S.CH3NOS.ClH/c1-5-18(6-2)15(22-16(23)19(7-3)8-4)17-12-9-10-13(20)14(21)11-12;2-1(3)4;/h9-11,20-21H,5-8H2,1-4H3;(H3,2,3,4);1H. The molecule has 0 aliphatic rings. The third kappa shape index (κ3) is 10.4. The summed E-state index contributed by atoms with van der Waals surface area (Å²) >= 11 is 8.44. The van der Waals surface area contributed by atoms with E-state index in [0.717, 1.165) is 13.1 Å². The fourth-order valence-corrected chi connectivity index (χ4v) is 2.30. The van der Waals surface area contributed by atoms with Gasteiger partial charge in [-0.15, -0.1) is 12.4 Å². The summed E-state index contributed by atoms with van der Waals surface area (Å²) in [5.41, 5.74) is 4.81. The zero-order valence-corrected chi connectivity index (χ0v) is 19.0. The second-order valence-electron chi connectivity index (χ2n) is 5.12. The van der Waals surface area contributed by atoms with E-state index >= 15 is 0 Å². The van der Waals surface area contributed by atoms with Crippen molar-refractivity contribution in [1.82, 2.24) is 9.80 Å². The van der Waals surface area contributed by atoms with Gasteiger partial charge in [0, 0.05) is 32.2 Å². The number of benzene rings is 1. The Kier molecular flexibility index (Phi) is 15.2. The van der Waals surface area contributed by atoms with Gasteiger partial charge in [-0.3, -0.25) is 4.79 Å². The average molecular weight is 453 g/mol. The number of thiocarbonyl (C=S) groups is 1. The van der Waals surface area contributed by atoms with Gasteiger partial charge in [-0.1, -0.05) is 12.6 Å². The topological polar surface area (TPSA) is 112 Å². The molecule has 0 aliphatic carbocycles. The molecule has 0 bridgehead atoms. The van der Waals surface area contributed by atoms with Gasteiger partial charge in [0.1, 0.15) is 0 Å². The average Bonchev–Trinajstić information content (AvgIpc) is 2.59. The van der Waals surface area contributed by atoms with Crippen LogP contribution in [0.25, 0.3) is 0 Å². The van der Waals surface area contributed by atoms with E-state index in [0.29, 0.717) is 30.0 Å². The highest BCUT2D eigenvalue weighted by molar-refractivity contribution is 7.96. The van der Waals surface area contributed by atoms with Crippen LogP contribution in [0.3, 0.4) is 0 Å². The minimum atomic E-state index is -0.639. The number of phenols is 2. The Balaban J connectivity index is 0. The number of halogens is 1. The number of phenolic OH excluding ortho intramolecular Hbond substituents is 2. The predicted octanol–water partition coefficient (Wildman–Crippen LogP) is 3.49. The summed E-state index contributed by atoms with van der Waals surface area (Å²) in [6.45, 7) is 10.9. The molecule has 28 heavy (non-hydrogen) atoms. The molecule has 4 N–H and O–H groups in total. The normalized spacial score (nSPS) is 10.1. The zero-order chi connectivity index (χ0) is 21.0. The van der Waals surface area contributed by atoms with Gasteiger partial charge in [-0.05, 0) is 52.0 Å². The van der Waals surface area contributed by atoms with E-state index in [2.05, 4.69) is 23.4 Å². The highest BCUT2D eigenvalue weighted by Crippen LogP contribution is 2.29. The van der Waals surface area contributed by atoms with Crippen LogP contribution in [0.15, 0.2) is 23.2 Å². The van der Waals surface area contributed by atoms with Crippen molar-refractivity contribution in [3.63, 3.8) is 0 Å². The van der Waals surface area contributed by atoms with Crippen LogP contribution in [-0.4, -0.2) is 62.6 Å². The molecule has 160 valence electrons. The first kappa shape index (κ1) is 28.3. The summed E-state index contributed by atoms with van der Waals surface area (Å²) in [7, 11) is 0. The Labute approximate surface area is 183 Å². The lowest BCUT2D eigenvalue weighted by Crippen LogP contribution is -2.39. The quantitative estimate of drug-likeness (QED) is 0.178. The number of carbonyl (C=O) groups is 1. The Bertz CT molecular complexity index is 650. The lowest BCUT2D eigenvalue weighted by atomic mass is 10.3. The molecule has 1 aromatic carbocycles. The smallest absolute Gasteiger partial charge is 0.300 e. The summed E-state index contributed by atoms with van der Waals surface area (Å²) < 4.78 is 5.80. The minimum Gasteiger partial charge on any atom is -0.504 e. The van der Waals surface area contributed by atoms with Crippen LogP contribution in [0.1, 0.15) is 27.7 Å². The summed E-state index contributed by atoms with van der Waals surface area (Å²) in [5.74, 6) is -0.413. The number of rotatable bonds is 5. The molecule has 0 radical (unpaired) electrons. The second-order valence-corrected chi connectivity index (χ2v) is 5.91. The molecule has 0 saturated heterocycles. The number of ether oxygens (including phenoxy) is 1. The highest BCUT2D eigenvalue weighted by atomic mass is 35.5. The number of carbonyl (C=O) groups excluding carboxylic acids is 1. The molecule has 1 amide bonds. The molecule has 1 aromatic rings. The van der Waals surface area contributed by atoms with Gasteiger partial charge in [0.15, 0.2) is 11.5 Å². The first-order valence-electron chi connectivity index (χ1n) is 8.50. The first-order chi connectivity index (χ1) is 12.7. The van der Waals surface area contributed by atoms with Crippen LogP contribution >= 0.6 is 37.3 Å². The van der Waals surface area contributed by atoms with Crippen molar-refractivity contribution in [1.29, 1.82) is 0 Å². The minimum absolute atomic E-state index is 0. The first-order valence-corrected chi connectivity index (χ1v) is 9.36. The molecule has 11 heteroatoms. The Morgan fingerprint density at radius 2 is 1.57 bits per heavy atom. The fourth-order valence-electron chi connectivity index (χ4n) is 1.97. The van der Waals surface area contributed by atoms with Gasteiger partial charge >= 0.3 is 0 Å². The van der Waals surface area contributed by atoms with Gasteiger partial charge in [-0.2, -0.15) is 4.99 Å². The SMILES string of the molecule is CCN(CC)C(=S)OC(=Nc1ccc(O)c(O)c1)N(CC)CC.Cl.NC(=O)S. The van der Waals surface area contributed by atoms with E-state index in [4.69, 9.17) is 21.7 Å². The third-order valence-electron chi connectivity index (χ3n) is 3.42. The number of primary amides is 1. The van der Waals surface area contributed by atoms with Crippen molar-refractivity contribution in [2.24, 2.45) is 10.7 Å². The van der Waals surface area contributed by atoms with Gasteiger partial charge in [0.25, 0.3) is 16.4 Å². The van der Waals surface area contributed by atoms with Gasteiger partial charge < -0.3 is 30.5 Å². The molecule has 0 atom stereocenters. The van der Waals surface area contributed by atoms with Gasteiger partial charge in [-0.25, -0.2) is 0 Å². The molecule has 0 fully saturated rings. The van der Waals surface area contributed by atoms with E-state index in [-0.39, 0.29) is 23.9 Å². The predicted molar refractivity (Wildman–Crippen MR) is 122 cm³/mol. The van der Waals surface area contributed by atoms with Crippen LogP contribution in [0.5, 0.6) is 11.5 Å². The van der Waals surface area contributed by atoms with E-state index in [1.54, 1.807) is 6.07 Å². The number of nitrogens with two attached hydrogens (primary N) is 1. The lowest BCUT2D eigenvalue weighted by Gasteiger charge is -2.26. The largest absolute Gasteiger partial charge is 0.504 e. The number of amidine groups is 1. The number of amides is 1. The van der Waals surface area contributed by atoms with Crippen molar-refractivity contribution in [2.75, 3.05) is 26.2 Å². The van der Waals surface area contributed by atoms with Crippen LogP contribution in [-0.2, 0) is 4.74 Å². The Morgan fingerprint density at radius 3 is 1.96 bits per heavy atom. The fraction of sp³-hybridized carbons (Fsp3) is 0.471. The van der Waals surface area contributed by atoms with Crippen molar-refractivity contribution in [3.05, 3.63) is 18.2 Å². The second kappa shape index (κ2) is 15.1. The zero-order valence-electron chi connectivity index (χ0n) is 16.5. The maximum absolute atomic E-state index is 9.60. The number of aliphatic imine (C=N–C) groups is 1. The van der Waals surface area contributed by atoms with Crippen molar-refractivity contribution in [3.8, 4) is 11.5 Å². The van der Waals surface area contributed by atoms with Crippen molar-refractivity contribution >= 4 is 59.4 Å². The van der Waals surface area contributed by atoms with E-state index in [9.17, 15) is 10.2 Å². The molecule has 1 rings (SSSR count). The van der Waals surface area contributed by atoms with Crippen LogP contribution in [0.2, 0.25) is 0 Å². The van der Waals surface area contributed by atoms with Gasteiger partial charge in [0.05, 0.1) is 5.69 Å². The number of nitrogens with zero attached hydrogens (tertiary/aromatic N) is 3. The summed E-state index contributed by atoms with van der Waals surface area (Å²) in [4.78, 5) is 17.4. The Hall–Kier alpha value is -1.91. The van der Waals surface area contributed by atoms with E-state index < -0.39 is 5.24 Å². The molecule has 0 unspecified atom stereocenters. The van der Waals surface area contributed by atoms with Gasteiger partial charge in [0.2, 0.25) is 0 Å². The molecule has 0 aliphatic heterocycles. The molecule has 0 saturated carbocycles. The summed E-state index contributed by atoms with van der Waals surface area (Å²) in [6, 6.07) is 4.74. The molecule has 8 nitrogen and oxygen atoms in total. The van der Waals surface area contributed by atoms with E-state index in [1.165, 1.54) is 12.1 Å². The lowest BCUT2D eigenvalue weighted by molar-refractivity contribution is 0.267. The van der Waals surface area contributed by atoms with Crippen LogP contribution in [0, 0.1) is 0 Å². The molecule has 0 spiro atoms.